The number of hydrogen-bond acceptors (Lipinski definition) is 4. The van der Waals surface area contributed by atoms with Crippen LogP contribution in [0.25, 0.3) is 10.9 Å². The van der Waals surface area contributed by atoms with Crippen molar-refractivity contribution < 1.29 is 23.5 Å². The van der Waals surface area contributed by atoms with Gasteiger partial charge in [-0.2, -0.15) is 0 Å². The predicted molar refractivity (Wildman–Crippen MR) is 104 cm³/mol. The van der Waals surface area contributed by atoms with Crippen LogP contribution in [0.1, 0.15) is 15.9 Å². The van der Waals surface area contributed by atoms with Crippen LogP contribution in [-0.2, 0) is 20.9 Å². The number of benzene rings is 2. The minimum Gasteiger partial charge on any atom is -0.456 e. The molecule has 29 heavy (non-hydrogen) atoms. The molecule has 0 unspecified atom stereocenters. The molecule has 0 spiro atoms. The van der Waals surface area contributed by atoms with E-state index in [1.54, 1.807) is 16.7 Å². The van der Waals surface area contributed by atoms with Crippen molar-refractivity contribution in [3.8, 4) is 0 Å². The number of cyclic esters (lactones) is 1. The Morgan fingerprint density at radius 1 is 1.17 bits per heavy atom. The Kier molecular flexibility index (Phi) is 4.90. The van der Waals surface area contributed by atoms with Gasteiger partial charge in [-0.1, -0.05) is 23.7 Å². The lowest BCUT2D eigenvalue weighted by Crippen LogP contribution is -2.31. The number of Topliss-reactive ketones (excluding diaryl/α,β-unsaturated/α-hetero) is 1. The number of aromatic nitrogens is 1. The molecule has 1 N–H and O–H groups in total. The van der Waals surface area contributed by atoms with Gasteiger partial charge < -0.3 is 14.6 Å². The molecule has 0 fully saturated rings. The number of carbonyl (C=O) groups excluding carboxylic acids is 3. The molecule has 146 valence electrons. The smallest absolute Gasteiger partial charge is 0.333 e. The number of ketones is 1. The average Bonchev–Trinajstić information content (AvgIpc) is 3.26. The molecule has 1 aliphatic rings. The molecule has 4 rings (SSSR count). The quantitative estimate of drug-likeness (QED) is 0.396. The second-order valence-corrected chi connectivity index (χ2v) is 6.96. The van der Waals surface area contributed by atoms with Crippen LogP contribution in [0.3, 0.4) is 0 Å². The number of carbonyl (C=O) groups is 3. The van der Waals surface area contributed by atoms with Crippen LogP contribution in [0.4, 0.5) is 4.39 Å². The van der Waals surface area contributed by atoms with Crippen LogP contribution in [-0.4, -0.2) is 28.8 Å². The van der Waals surface area contributed by atoms with Crippen LogP contribution in [0.5, 0.6) is 0 Å². The lowest BCUT2D eigenvalue weighted by molar-refractivity contribution is -0.135. The summed E-state index contributed by atoms with van der Waals surface area (Å²) in [5.41, 5.74) is 1.72. The molecule has 8 heteroatoms. The van der Waals surface area contributed by atoms with Gasteiger partial charge in [0.2, 0.25) is 0 Å². The number of amides is 1. The number of nitrogens with one attached hydrogen (secondary N) is 1. The van der Waals surface area contributed by atoms with Gasteiger partial charge in [0.15, 0.2) is 0 Å². The Morgan fingerprint density at radius 3 is 2.62 bits per heavy atom. The molecule has 1 aliphatic heterocycles. The molecule has 3 aromatic rings. The van der Waals surface area contributed by atoms with Crippen molar-refractivity contribution in [2.45, 2.75) is 6.54 Å². The zero-order chi connectivity index (χ0) is 20.5. The standard InChI is InChI=1S/C21H14ClFN2O4/c22-13-3-1-12(2-4-13)9-25-10-17(16-6-5-14(23)7-18(16)25)20(27)21(28)24-15-8-19(26)29-11-15/h1-8,10H,9,11H2,(H,24,28). The van der Waals surface area contributed by atoms with E-state index in [2.05, 4.69) is 5.32 Å². The first-order chi connectivity index (χ1) is 13.9. The summed E-state index contributed by atoms with van der Waals surface area (Å²) < 4.78 is 20.2. The third kappa shape index (κ3) is 3.90. The van der Waals surface area contributed by atoms with Crippen molar-refractivity contribution >= 4 is 40.2 Å². The highest BCUT2D eigenvalue weighted by Gasteiger charge is 2.24. The molecular formula is C21H14ClFN2O4. The molecule has 2 heterocycles. The number of fused-ring (bicyclic) bond motifs is 1. The zero-order valence-corrected chi connectivity index (χ0v) is 15.7. The fraction of sp³-hybridized carbons (Fsp3) is 0.0952. The van der Waals surface area contributed by atoms with Crippen molar-refractivity contribution in [3.63, 3.8) is 0 Å². The van der Waals surface area contributed by atoms with Crippen LogP contribution < -0.4 is 5.32 Å². The third-order valence-electron chi connectivity index (χ3n) is 4.50. The van der Waals surface area contributed by atoms with Gasteiger partial charge in [0.05, 0.1) is 16.8 Å². The summed E-state index contributed by atoms with van der Waals surface area (Å²) in [6.07, 6.45) is 2.63. The van der Waals surface area contributed by atoms with Crippen molar-refractivity contribution in [2.24, 2.45) is 0 Å². The van der Waals surface area contributed by atoms with Gasteiger partial charge in [-0.15, -0.1) is 0 Å². The Hall–Kier alpha value is -3.45. The zero-order valence-electron chi connectivity index (χ0n) is 14.9. The van der Waals surface area contributed by atoms with Crippen LogP contribution in [0.15, 0.2) is 60.4 Å². The lowest BCUT2D eigenvalue weighted by Gasteiger charge is -2.06. The van der Waals surface area contributed by atoms with Gasteiger partial charge in [0.25, 0.3) is 11.7 Å². The van der Waals surface area contributed by atoms with E-state index < -0.39 is 23.5 Å². The SMILES string of the molecule is O=C1C=C(NC(=O)C(=O)c2cn(Cc3ccc(Cl)cc3)c3cc(F)ccc23)CO1. The monoisotopic (exact) mass is 412 g/mol. The summed E-state index contributed by atoms with van der Waals surface area (Å²) in [5, 5.41) is 3.42. The highest BCUT2D eigenvalue weighted by molar-refractivity contribution is 6.45. The van der Waals surface area contributed by atoms with Gasteiger partial charge in [0, 0.05) is 29.2 Å². The first-order valence-electron chi connectivity index (χ1n) is 8.66. The summed E-state index contributed by atoms with van der Waals surface area (Å²) in [7, 11) is 0. The molecule has 1 aromatic heterocycles. The van der Waals surface area contributed by atoms with Crippen molar-refractivity contribution in [2.75, 3.05) is 6.61 Å². The molecule has 0 saturated carbocycles. The fourth-order valence-corrected chi connectivity index (χ4v) is 3.26. The van der Waals surface area contributed by atoms with E-state index >= 15 is 0 Å². The summed E-state index contributed by atoms with van der Waals surface area (Å²) in [5.74, 6) is -2.73. The minimum absolute atomic E-state index is 0.0958. The Bertz CT molecular complexity index is 1180. The maximum Gasteiger partial charge on any atom is 0.333 e. The predicted octanol–water partition coefficient (Wildman–Crippen LogP) is 3.22. The normalized spacial score (nSPS) is 13.3. The first-order valence-corrected chi connectivity index (χ1v) is 9.04. The van der Waals surface area contributed by atoms with Gasteiger partial charge >= 0.3 is 5.97 Å². The van der Waals surface area contributed by atoms with Crippen LogP contribution in [0.2, 0.25) is 5.02 Å². The molecule has 1 amide bonds. The number of ether oxygens (including phenoxy) is 1. The maximum atomic E-state index is 13.8. The van der Waals surface area contributed by atoms with E-state index in [0.717, 1.165) is 11.6 Å². The van der Waals surface area contributed by atoms with Gasteiger partial charge in [-0.3, -0.25) is 9.59 Å². The van der Waals surface area contributed by atoms with E-state index in [-0.39, 0.29) is 17.9 Å². The Labute approximate surface area is 169 Å². The van der Waals surface area contributed by atoms with Crippen molar-refractivity contribution in [1.82, 2.24) is 9.88 Å². The van der Waals surface area contributed by atoms with E-state index in [1.807, 2.05) is 12.1 Å². The topological polar surface area (TPSA) is 77.4 Å². The largest absolute Gasteiger partial charge is 0.456 e. The lowest BCUT2D eigenvalue weighted by atomic mass is 10.1. The second-order valence-electron chi connectivity index (χ2n) is 6.52. The highest BCUT2D eigenvalue weighted by Crippen LogP contribution is 2.25. The third-order valence-corrected chi connectivity index (χ3v) is 4.75. The molecule has 6 nitrogen and oxygen atoms in total. The Balaban J connectivity index is 1.68. The summed E-state index contributed by atoms with van der Waals surface area (Å²) in [4.78, 5) is 36.2. The number of esters is 1. The van der Waals surface area contributed by atoms with Crippen LogP contribution in [0, 0.1) is 5.82 Å². The highest BCUT2D eigenvalue weighted by atomic mass is 35.5. The molecule has 0 radical (unpaired) electrons. The Morgan fingerprint density at radius 2 is 1.93 bits per heavy atom. The van der Waals surface area contributed by atoms with Crippen LogP contribution >= 0.6 is 11.6 Å². The first kappa shape index (κ1) is 18.9. The molecule has 0 saturated heterocycles. The molecule has 0 atom stereocenters. The van der Waals surface area contributed by atoms with E-state index in [0.29, 0.717) is 22.5 Å². The summed E-state index contributed by atoms with van der Waals surface area (Å²) >= 11 is 5.91. The second kappa shape index (κ2) is 7.52. The number of halogens is 2. The van der Waals surface area contributed by atoms with Gasteiger partial charge in [-0.25, -0.2) is 9.18 Å². The molecule has 2 aromatic carbocycles. The van der Waals surface area contributed by atoms with Crippen molar-refractivity contribution in [3.05, 3.63) is 82.4 Å². The maximum absolute atomic E-state index is 13.8. The summed E-state index contributed by atoms with van der Waals surface area (Å²) in [6, 6.07) is 11.1. The van der Waals surface area contributed by atoms with Gasteiger partial charge in [-0.05, 0) is 35.9 Å². The minimum atomic E-state index is -0.899. The number of rotatable bonds is 5. The van der Waals surface area contributed by atoms with Crippen molar-refractivity contribution in [1.29, 1.82) is 0 Å². The fourth-order valence-electron chi connectivity index (χ4n) is 3.13. The van der Waals surface area contributed by atoms with E-state index in [9.17, 15) is 18.8 Å². The van der Waals surface area contributed by atoms with E-state index in [1.165, 1.54) is 24.4 Å². The number of hydrogen-bond donors (Lipinski definition) is 1. The molecular weight excluding hydrogens is 399 g/mol. The van der Waals surface area contributed by atoms with Gasteiger partial charge in [0.1, 0.15) is 12.4 Å². The summed E-state index contributed by atoms with van der Waals surface area (Å²) in [6.45, 7) is 0.265. The van der Waals surface area contributed by atoms with E-state index in [4.69, 9.17) is 16.3 Å². The number of nitrogens with zero attached hydrogens (tertiary/aromatic N) is 1. The molecule has 0 bridgehead atoms. The average molecular weight is 413 g/mol. The molecule has 0 aliphatic carbocycles.